The second-order valence-corrected chi connectivity index (χ2v) is 6.43. The van der Waals surface area contributed by atoms with E-state index in [0.717, 1.165) is 11.3 Å². The van der Waals surface area contributed by atoms with Crippen molar-refractivity contribution in [3.63, 3.8) is 0 Å². The van der Waals surface area contributed by atoms with E-state index in [0.29, 0.717) is 17.2 Å². The van der Waals surface area contributed by atoms with Crippen LogP contribution >= 0.6 is 11.6 Å². The second-order valence-electron chi connectivity index (χ2n) is 6.00. The lowest BCUT2D eigenvalue weighted by Gasteiger charge is -2.18. The molecule has 0 fully saturated rings. The fraction of sp³-hybridized carbons (Fsp3) is 0.294. The molecule has 1 unspecified atom stereocenters. The molecule has 4 heteroatoms. The van der Waals surface area contributed by atoms with Gasteiger partial charge in [-0.2, -0.15) is 0 Å². The fourth-order valence-electron chi connectivity index (χ4n) is 2.61. The van der Waals surface area contributed by atoms with Gasteiger partial charge in [0.25, 0.3) is 0 Å². The van der Waals surface area contributed by atoms with E-state index in [-0.39, 0.29) is 11.0 Å². The van der Waals surface area contributed by atoms with Crippen molar-refractivity contribution in [1.29, 1.82) is 0 Å². The first-order chi connectivity index (χ1) is 9.88. The second kappa shape index (κ2) is 5.00. The molecule has 1 atom stereocenters. The van der Waals surface area contributed by atoms with Crippen LogP contribution in [0.2, 0.25) is 5.02 Å². The minimum Gasteiger partial charge on any atom is -0.492 e. The van der Waals surface area contributed by atoms with E-state index < -0.39 is 11.9 Å². The standard InChI is InChI=1S/C17H16ClFO2/c1-17(2)9-21-15-6-3-10(7-13(15)17)16(20)12-5-4-11(18)8-14(12)19/h3-8,16,20H,9H2,1-2H3. The van der Waals surface area contributed by atoms with E-state index in [1.807, 2.05) is 12.1 Å². The Morgan fingerprint density at radius 2 is 2.00 bits per heavy atom. The van der Waals surface area contributed by atoms with Gasteiger partial charge in [0.15, 0.2) is 0 Å². The molecule has 2 aromatic carbocycles. The number of aliphatic hydroxyl groups is 1. The highest BCUT2D eigenvalue weighted by molar-refractivity contribution is 6.30. The molecule has 1 aliphatic heterocycles. The third-order valence-electron chi connectivity index (χ3n) is 3.89. The zero-order valence-corrected chi connectivity index (χ0v) is 12.6. The van der Waals surface area contributed by atoms with E-state index in [1.165, 1.54) is 12.1 Å². The summed E-state index contributed by atoms with van der Waals surface area (Å²) in [6.45, 7) is 4.77. The van der Waals surface area contributed by atoms with Gasteiger partial charge in [0.2, 0.25) is 0 Å². The van der Waals surface area contributed by atoms with Crippen LogP contribution in [-0.2, 0) is 5.41 Å². The minimum atomic E-state index is -1.02. The number of halogens is 2. The normalized spacial score (nSPS) is 17.2. The molecule has 1 N–H and O–H groups in total. The maximum absolute atomic E-state index is 13.9. The molecule has 110 valence electrons. The Labute approximate surface area is 128 Å². The average molecular weight is 307 g/mol. The minimum absolute atomic E-state index is 0.108. The van der Waals surface area contributed by atoms with Crippen LogP contribution in [0.15, 0.2) is 36.4 Å². The number of aliphatic hydroxyl groups excluding tert-OH is 1. The van der Waals surface area contributed by atoms with Crippen molar-refractivity contribution in [2.75, 3.05) is 6.61 Å². The molecule has 3 rings (SSSR count). The first kappa shape index (κ1) is 14.4. The summed E-state index contributed by atoms with van der Waals surface area (Å²) in [4.78, 5) is 0. The van der Waals surface area contributed by atoms with Gasteiger partial charge in [-0.05, 0) is 29.8 Å². The van der Waals surface area contributed by atoms with E-state index >= 15 is 0 Å². The van der Waals surface area contributed by atoms with Gasteiger partial charge in [-0.3, -0.25) is 0 Å². The van der Waals surface area contributed by atoms with Crippen LogP contribution in [0.4, 0.5) is 4.39 Å². The predicted molar refractivity (Wildman–Crippen MR) is 80.4 cm³/mol. The lowest BCUT2D eigenvalue weighted by molar-refractivity contribution is 0.215. The Hall–Kier alpha value is -1.58. The molecule has 0 spiro atoms. The monoisotopic (exact) mass is 306 g/mol. The largest absolute Gasteiger partial charge is 0.492 e. The van der Waals surface area contributed by atoms with E-state index in [2.05, 4.69) is 13.8 Å². The summed E-state index contributed by atoms with van der Waals surface area (Å²) in [6, 6.07) is 9.78. The van der Waals surface area contributed by atoms with Crippen LogP contribution in [0.1, 0.15) is 36.6 Å². The molecule has 21 heavy (non-hydrogen) atoms. The number of ether oxygens (including phenoxy) is 1. The summed E-state index contributed by atoms with van der Waals surface area (Å²) >= 11 is 5.74. The lowest BCUT2D eigenvalue weighted by atomic mass is 9.85. The van der Waals surface area contributed by atoms with Gasteiger partial charge >= 0.3 is 0 Å². The van der Waals surface area contributed by atoms with Crippen LogP contribution < -0.4 is 4.74 Å². The van der Waals surface area contributed by atoms with Gasteiger partial charge in [0.05, 0.1) is 6.61 Å². The molecule has 0 aliphatic carbocycles. The summed E-state index contributed by atoms with van der Waals surface area (Å²) in [5.74, 6) is 0.318. The Morgan fingerprint density at radius 1 is 1.24 bits per heavy atom. The fourth-order valence-corrected chi connectivity index (χ4v) is 2.77. The van der Waals surface area contributed by atoms with E-state index in [9.17, 15) is 9.50 Å². The van der Waals surface area contributed by atoms with Gasteiger partial charge in [-0.1, -0.05) is 37.6 Å². The number of hydrogen-bond acceptors (Lipinski definition) is 2. The maximum Gasteiger partial charge on any atom is 0.130 e. The molecule has 1 heterocycles. The third kappa shape index (κ3) is 2.52. The highest BCUT2D eigenvalue weighted by Crippen LogP contribution is 2.40. The van der Waals surface area contributed by atoms with Crippen molar-refractivity contribution in [3.05, 3.63) is 63.9 Å². The lowest BCUT2D eigenvalue weighted by Crippen LogP contribution is -2.18. The molecular weight excluding hydrogens is 291 g/mol. The van der Waals surface area contributed by atoms with Crippen molar-refractivity contribution in [1.82, 2.24) is 0 Å². The molecule has 0 saturated carbocycles. The predicted octanol–water partition coefficient (Wildman–Crippen LogP) is 4.23. The molecule has 0 radical (unpaired) electrons. The van der Waals surface area contributed by atoms with E-state index in [4.69, 9.17) is 16.3 Å². The summed E-state index contributed by atoms with van der Waals surface area (Å²) in [7, 11) is 0. The Kier molecular flexibility index (Phi) is 3.42. The van der Waals surface area contributed by atoms with Crippen molar-refractivity contribution in [2.24, 2.45) is 0 Å². The molecule has 2 aromatic rings. The Bertz CT molecular complexity index is 697. The smallest absolute Gasteiger partial charge is 0.130 e. The first-order valence-electron chi connectivity index (χ1n) is 6.79. The quantitative estimate of drug-likeness (QED) is 0.899. The SMILES string of the molecule is CC1(C)COc2ccc(C(O)c3ccc(Cl)cc3F)cc21. The highest BCUT2D eigenvalue weighted by Gasteiger charge is 2.32. The zero-order valence-electron chi connectivity index (χ0n) is 11.9. The maximum atomic E-state index is 13.9. The van der Waals surface area contributed by atoms with Crippen molar-refractivity contribution in [3.8, 4) is 5.75 Å². The highest BCUT2D eigenvalue weighted by atomic mass is 35.5. The molecule has 0 bridgehead atoms. The third-order valence-corrected chi connectivity index (χ3v) is 4.13. The summed E-state index contributed by atoms with van der Waals surface area (Å²) in [5.41, 5.74) is 1.79. The summed E-state index contributed by atoms with van der Waals surface area (Å²) < 4.78 is 19.6. The number of hydrogen-bond donors (Lipinski definition) is 1. The van der Waals surface area contributed by atoms with Gasteiger partial charge < -0.3 is 9.84 Å². The van der Waals surface area contributed by atoms with Crippen molar-refractivity contribution in [2.45, 2.75) is 25.4 Å². The van der Waals surface area contributed by atoms with Crippen LogP contribution in [0, 0.1) is 5.82 Å². The summed E-state index contributed by atoms with van der Waals surface area (Å²) in [6.07, 6.45) is -1.02. The van der Waals surface area contributed by atoms with Gasteiger partial charge in [0.1, 0.15) is 17.7 Å². The molecular formula is C17H16ClFO2. The van der Waals surface area contributed by atoms with Crippen molar-refractivity contribution >= 4 is 11.6 Å². The molecule has 0 saturated heterocycles. The van der Waals surface area contributed by atoms with Gasteiger partial charge in [-0.25, -0.2) is 4.39 Å². The first-order valence-corrected chi connectivity index (χ1v) is 7.16. The molecule has 0 amide bonds. The topological polar surface area (TPSA) is 29.5 Å². The van der Waals surface area contributed by atoms with Gasteiger partial charge in [0, 0.05) is 21.6 Å². The van der Waals surface area contributed by atoms with Crippen LogP contribution in [0.25, 0.3) is 0 Å². The average Bonchev–Trinajstić information content (AvgIpc) is 2.74. The number of rotatable bonds is 2. The molecule has 1 aliphatic rings. The van der Waals surface area contributed by atoms with Crippen LogP contribution in [-0.4, -0.2) is 11.7 Å². The summed E-state index contributed by atoms with van der Waals surface area (Å²) in [5, 5.41) is 10.8. The van der Waals surface area contributed by atoms with Crippen molar-refractivity contribution < 1.29 is 14.2 Å². The van der Waals surface area contributed by atoms with Crippen LogP contribution in [0.3, 0.4) is 0 Å². The molecule has 2 nitrogen and oxygen atoms in total. The van der Waals surface area contributed by atoms with E-state index in [1.54, 1.807) is 12.1 Å². The Morgan fingerprint density at radius 3 is 2.71 bits per heavy atom. The number of fused-ring (bicyclic) bond motifs is 1. The van der Waals surface area contributed by atoms with Crippen LogP contribution in [0.5, 0.6) is 5.75 Å². The van der Waals surface area contributed by atoms with Gasteiger partial charge in [-0.15, -0.1) is 0 Å². The Balaban J connectivity index is 2.01. The zero-order chi connectivity index (χ0) is 15.2. The number of benzene rings is 2. The molecule has 0 aromatic heterocycles.